The predicted molar refractivity (Wildman–Crippen MR) is 77.3 cm³/mol. The zero-order valence-corrected chi connectivity index (χ0v) is 10.8. The molecule has 2 N–H and O–H groups in total. The van der Waals surface area contributed by atoms with Crippen LogP contribution in [0, 0.1) is 0 Å². The minimum Gasteiger partial charge on any atom is -0.311 e. The van der Waals surface area contributed by atoms with E-state index in [-0.39, 0.29) is 5.91 Å². The van der Waals surface area contributed by atoms with E-state index in [2.05, 4.69) is 20.5 Å². The number of hydrogen-bond acceptors (Lipinski definition) is 3. The number of hydrogen-bond donors (Lipinski definition) is 2. The number of H-pyrrole nitrogens is 1. The van der Waals surface area contributed by atoms with Gasteiger partial charge in [-0.2, -0.15) is 5.10 Å². The first kappa shape index (κ1) is 12.3. The van der Waals surface area contributed by atoms with Crippen LogP contribution in [0.15, 0.2) is 48.8 Å². The van der Waals surface area contributed by atoms with E-state index in [1.165, 1.54) is 0 Å². The Bertz CT molecular complexity index is 721. The third-order valence-corrected chi connectivity index (χ3v) is 3.08. The SMILES string of the molecule is O=C(CCc1ccccc1)Nc1cc2cn[nH]c2cn1. The van der Waals surface area contributed by atoms with Crippen LogP contribution in [-0.4, -0.2) is 21.1 Å². The number of amides is 1. The van der Waals surface area contributed by atoms with E-state index in [0.717, 1.165) is 22.9 Å². The number of carbonyl (C=O) groups excluding carboxylic acids is 1. The van der Waals surface area contributed by atoms with Crippen LogP contribution >= 0.6 is 0 Å². The summed E-state index contributed by atoms with van der Waals surface area (Å²) in [5, 5.41) is 10.5. The van der Waals surface area contributed by atoms with Crippen molar-refractivity contribution in [3.05, 3.63) is 54.4 Å². The molecule has 0 aliphatic carbocycles. The summed E-state index contributed by atoms with van der Waals surface area (Å²) in [7, 11) is 0. The van der Waals surface area contributed by atoms with Gasteiger partial charge in [0.2, 0.25) is 5.91 Å². The molecule has 5 nitrogen and oxygen atoms in total. The Labute approximate surface area is 116 Å². The quantitative estimate of drug-likeness (QED) is 0.762. The highest BCUT2D eigenvalue weighted by molar-refractivity contribution is 5.92. The first-order valence-corrected chi connectivity index (χ1v) is 6.44. The third kappa shape index (κ3) is 2.83. The Morgan fingerprint density at radius 3 is 2.90 bits per heavy atom. The molecule has 1 aromatic carbocycles. The largest absolute Gasteiger partial charge is 0.311 e. The summed E-state index contributed by atoms with van der Waals surface area (Å²) in [6, 6.07) is 11.8. The second-order valence-corrected chi connectivity index (χ2v) is 4.56. The minimum absolute atomic E-state index is 0.0378. The zero-order chi connectivity index (χ0) is 13.8. The molecule has 0 spiro atoms. The molecule has 100 valence electrons. The number of aromatic amines is 1. The molecule has 0 saturated heterocycles. The van der Waals surface area contributed by atoms with Gasteiger partial charge < -0.3 is 5.32 Å². The fraction of sp³-hybridized carbons (Fsp3) is 0.133. The molecule has 2 heterocycles. The van der Waals surface area contributed by atoms with Gasteiger partial charge in [-0.1, -0.05) is 30.3 Å². The van der Waals surface area contributed by atoms with Crippen LogP contribution in [0.2, 0.25) is 0 Å². The van der Waals surface area contributed by atoms with Gasteiger partial charge in [0.1, 0.15) is 5.82 Å². The monoisotopic (exact) mass is 266 g/mol. The summed E-state index contributed by atoms with van der Waals surface area (Å²) >= 11 is 0. The van der Waals surface area contributed by atoms with Crippen molar-refractivity contribution in [1.82, 2.24) is 15.2 Å². The maximum atomic E-state index is 11.9. The standard InChI is InChI=1S/C15H14N4O/c20-15(7-6-11-4-2-1-3-5-11)18-14-8-12-9-17-19-13(12)10-16-14/h1-5,8-10H,6-7H2,(H,17,19)(H,16,18,20). The molecule has 3 rings (SSSR count). The number of pyridine rings is 1. The number of rotatable bonds is 4. The van der Waals surface area contributed by atoms with Gasteiger partial charge in [-0.25, -0.2) is 4.98 Å². The highest BCUT2D eigenvalue weighted by atomic mass is 16.1. The van der Waals surface area contributed by atoms with E-state index in [4.69, 9.17) is 0 Å². The van der Waals surface area contributed by atoms with Gasteiger partial charge in [0.25, 0.3) is 0 Å². The molecule has 2 aromatic heterocycles. The molecule has 0 radical (unpaired) electrons. The third-order valence-electron chi connectivity index (χ3n) is 3.08. The van der Waals surface area contributed by atoms with Crippen molar-refractivity contribution in [3.8, 4) is 0 Å². The summed E-state index contributed by atoms with van der Waals surface area (Å²) < 4.78 is 0. The van der Waals surface area contributed by atoms with E-state index < -0.39 is 0 Å². The number of nitrogens with one attached hydrogen (secondary N) is 2. The summed E-state index contributed by atoms with van der Waals surface area (Å²) in [5.41, 5.74) is 2.01. The topological polar surface area (TPSA) is 70.7 Å². The molecule has 0 atom stereocenters. The lowest BCUT2D eigenvalue weighted by molar-refractivity contribution is -0.116. The highest BCUT2D eigenvalue weighted by Crippen LogP contribution is 2.13. The molecule has 0 bridgehead atoms. The van der Waals surface area contributed by atoms with E-state index in [1.807, 2.05) is 30.3 Å². The second-order valence-electron chi connectivity index (χ2n) is 4.56. The van der Waals surface area contributed by atoms with E-state index in [9.17, 15) is 4.79 Å². The lowest BCUT2D eigenvalue weighted by Gasteiger charge is -2.04. The van der Waals surface area contributed by atoms with Crippen LogP contribution in [0.1, 0.15) is 12.0 Å². The highest BCUT2D eigenvalue weighted by Gasteiger charge is 2.05. The zero-order valence-electron chi connectivity index (χ0n) is 10.8. The van der Waals surface area contributed by atoms with Gasteiger partial charge in [-0.05, 0) is 18.1 Å². The summed E-state index contributed by atoms with van der Waals surface area (Å²) in [6.45, 7) is 0. The Kier molecular flexibility index (Phi) is 3.41. The van der Waals surface area contributed by atoms with Crippen LogP contribution < -0.4 is 5.32 Å². The smallest absolute Gasteiger partial charge is 0.225 e. The molecule has 3 aromatic rings. The molecule has 0 fully saturated rings. The Morgan fingerprint density at radius 1 is 1.20 bits per heavy atom. The number of carbonyl (C=O) groups is 1. The van der Waals surface area contributed by atoms with Crippen molar-refractivity contribution < 1.29 is 4.79 Å². The molecule has 1 amide bonds. The van der Waals surface area contributed by atoms with Gasteiger partial charge in [-0.15, -0.1) is 0 Å². The van der Waals surface area contributed by atoms with Crippen LogP contribution in [0.25, 0.3) is 10.9 Å². The Morgan fingerprint density at radius 2 is 2.05 bits per heavy atom. The van der Waals surface area contributed by atoms with E-state index in [1.54, 1.807) is 18.5 Å². The van der Waals surface area contributed by atoms with Crippen LogP contribution in [0.5, 0.6) is 0 Å². The van der Waals surface area contributed by atoms with E-state index >= 15 is 0 Å². The number of aromatic nitrogens is 3. The predicted octanol–water partition coefficient (Wildman–Crippen LogP) is 2.53. The fourth-order valence-corrected chi connectivity index (χ4v) is 2.02. The van der Waals surface area contributed by atoms with Gasteiger partial charge in [0, 0.05) is 11.8 Å². The normalized spacial score (nSPS) is 10.6. The van der Waals surface area contributed by atoms with Crippen molar-refractivity contribution in [2.24, 2.45) is 0 Å². The van der Waals surface area contributed by atoms with Crippen LogP contribution in [0.3, 0.4) is 0 Å². The molecule has 0 aliphatic heterocycles. The summed E-state index contributed by atoms with van der Waals surface area (Å²) in [6.07, 6.45) is 4.53. The van der Waals surface area contributed by atoms with Gasteiger partial charge in [0.05, 0.1) is 17.9 Å². The fourth-order valence-electron chi connectivity index (χ4n) is 2.02. The maximum Gasteiger partial charge on any atom is 0.225 e. The molecule has 0 aliphatic rings. The number of fused-ring (bicyclic) bond motifs is 1. The van der Waals surface area contributed by atoms with Crippen molar-refractivity contribution in [2.75, 3.05) is 5.32 Å². The van der Waals surface area contributed by atoms with Crippen molar-refractivity contribution in [3.63, 3.8) is 0 Å². The van der Waals surface area contributed by atoms with E-state index in [0.29, 0.717) is 12.2 Å². The minimum atomic E-state index is -0.0378. The first-order valence-electron chi connectivity index (χ1n) is 6.44. The summed E-state index contributed by atoms with van der Waals surface area (Å²) in [4.78, 5) is 16.1. The van der Waals surface area contributed by atoms with Crippen molar-refractivity contribution in [2.45, 2.75) is 12.8 Å². The first-order chi connectivity index (χ1) is 9.81. The molecular weight excluding hydrogens is 252 g/mol. The number of anilines is 1. The summed E-state index contributed by atoms with van der Waals surface area (Å²) in [5.74, 6) is 0.515. The average molecular weight is 266 g/mol. The molecule has 0 unspecified atom stereocenters. The van der Waals surface area contributed by atoms with Gasteiger partial charge >= 0.3 is 0 Å². The Hall–Kier alpha value is -2.69. The lowest BCUT2D eigenvalue weighted by atomic mass is 10.1. The molecule has 0 saturated carbocycles. The molecule has 5 heteroatoms. The lowest BCUT2D eigenvalue weighted by Crippen LogP contribution is -2.13. The second kappa shape index (κ2) is 5.52. The number of nitrogens with zero attached hydrogens (tertiary/aromatic N) is 2. The van der Waals surface area contributed by atoms with Gasteiger partial charge in [-0.3, -0.25) is 9.89 Å². The van der Waals surface area contributed by atoms with Crippen molar-refractivity contribution in [1.29, 1.82) is 0 Å². The van der Waals surface area contributed by atoms with Crippen molar-refractivity contribution >= 4 is 22.6 Å². The van der Waals surface area contributed by atoms with Gasteiger partial charge in [0.15, 0.2) is 0 Å². The maximum absolute atomic E-state index is 11.9. The molecule has 20 heavy (non-hydrogen) atoms. The Balaban J connectivity index is 1.61. The van der Waals surface area contributed by atoms with Crippen LogP contribution in [-0.2, 0) is 11.2 Å². The molecular formula is C15H14N4O. The average Bonchev–Trinajstić information content (AvgIpc) is 2.94. The van der Waals surface area contributed by atoms with Crippen LogP contribution in [0.4, 0.5) is 5.82 Å². The number of benzene rings is 1. The number of aryl methyl sites for hydroxylation is 1.